The first kappa shape index (κ1) is 18.7. The predicted octanol–water partition coefficient (Wildman–Crippen LogP) is 2.94. The van der Waals surface area contributed by atoms with E-state index in [1.165, 1.54) is 24.2 Å². The maximum atomic E-state index is 5.65. The van der Waals surface area contributed by atoms with Crippen molar-refractivity contribution >= 4 is 17.7 Å². The third-order valence-electron chi connectivity index (χ3n) is 3.25. The highest BCUT2D eigenvalue weighted by Crippen LogP contribution is 2.17. The number of aliphatic imine (C=N–C) groups is 1. The zero-order chi connectivity index (χ0) is 16.0. The molecule has 0 heterocycles. The molecule has 0 aliphatic carbocycles. The lowest BCUT2D eigenvalue weighted by molar-refractivity contribution is 0.336. The zero-order valence-corrected chi connectivity index (χ0v) is 14.8. The molecule has 0 bridgehead atoms. The Kier molecular flexibility index (Phi) is 10.4. The van der Waals surface area contributed by atoms with Crippen molar-refractivity contribution in [2.45, 2.75) is 26.2 Å². The number of benzene rings is 1. The first-order valence-electron chi connectivity index (χ1n) is 7.96. The van der Waals surface area contributed by atoms with Crippen LogP contribution in [0.3, 0.4) is 0 Å². The number of hydrogen-bond donors (Lipinski definition) is 2. The molecule has 22 heavy (non-hydrogen) atoms. The van der Waals surface area contributed by atoms with Crippen molar-refractivity contribution in [1.82, 2.24) is 10.6 Å². The van der Waals surface area contributed by atoms with E-state index in [1.54, 1.807) is 0 Å². The Morgan fingerprint density at radius 2 is 1.95 bits per heavy atom. The fourth-order valence-electron chi connectivity index (χ4n) is 2.12. The van der Waals surface area contributed by atoms with E-state index in [4.69, 9.17) is 4.74 Å². The van der Waals surface area contributed by atoms with Crippen molar-refractivity contribution in [3.8, 4) is 5.75 Å². The number of thioether (sulfide) groups is 1. The predicted molar refractivity (Wildman–Crippen MR) is 98.3 cm³/mol. The maximum absolute atomic E-state index is 5.65. The summed E-state index contributed by atoms with van der Waals surface area (Å²) in [5.74, 6) is 3.08. The molecule has 0 unspecified atom stereocenters. The fraction of sp³-hybridized carbons (Fsp3) is 0.588. The van der Waals surface area contributed by atoms with Gasteiger partial charge in [-0.3, -0.25) is 4.99 Å². The van der Waals surface area contributed by atoms with Crippen LogP contribution in [-0.4, -0.2) is 44.7 Å². The van der Waals surface area contributed by atoms with Crippen molar-refractivity contribution < 1.29 is 4.74 Å². The van der Waals surface area contributed by atoms with E-state index < -0.39 is 0 Å². The molecular formula is C17H29N3OS. The summed E-state index contributed by atoms with van der Waals surface area (Å²) in [6.07, 6.45) is 5.49. The summed E-state index contributed by atoms with van der Waals surface area (Å²) in [4.78, 5) is 4.25. The molecule has 0 aromatic heterocycles. The molecular weight excluding hydrogens is 294 g/mol. The quantitative estimate of drug-likeness (QED) is 0.395. The molecule has 0 spiro atoms. The van der Waals surface area contributed by atoms with Crippen LogP contribution >= 0.6 is 11.8 Å². The second kappa shape index (κ2) is 12.2. The van der Waals surface area contributed by atoms with Crippen LogP contribution in [0, 0.1) is 0 Å². The van der Waals surface area contributed by atoms with Crippen molar-refractivity contribution in [2.75, 3.05) is 38.8 Å². The molecule has 1 rings (SSSR count). The largest absolute Gasteiger partial charge is 0.494 e. The van der Waals surface area contributed by atoms with Crippen LogP contribution < -0.4 is 15.4 Å². The Balaban J connectivity index is 2.29. The van der Waals surface area contributed by atoms with E-state index in [2.05, 4.69) is 34.0 Å². The van der Waals surface area contributed by atoms with Crippen LogP contribution in [0.5, 0.6) is 5.75 Å². The number of unbranched alkanes of at least 4 members (excludes halogenated alkanes) is 1. The monoisotopic (exact) mass is 323 g/mol. The number of nitrogens with one attached hydrogen (secondary N) is 2. The zero-order valence-electron chi connectivity index (χ0n) is 14.0. The summed E-state index contributed by atoms with van der Waals surface area (Å²) in [5, 5.41) is 6.71. The molecule has 0 amide bonds. The Morgan fingerprint density at radius 3 is 2.68 bits per heavy atom. The minimum atomic E-state index is 0.698. The number of ether oxygens (including phenoxy) is 1. The second-order valence-corrected chi connectivity index (χ2v) is 5.90. The number of rotatable bonds is 10. The molecule has 0 radical (unpaired) electrons. The number of guanidine groups is 1. The number of para-hydroxylation sites is 1. The normalized spacial score (nSPS) is 11.3. The van der Waals surface area contributed by atoms with E-state index in [0.717, 1.165) is 31.2 Å². The third-order valence-corrected chi connectivity index (χ3v) is 3.95. The van der Waals surface area contributed by atoms with E-state index in [-0.39, 0.29) is 0 Å². The summed E-state index contributed by atoms with van der Waals surface area (Å²) in [6.45, 7) is 4.52. The molecule has 2 N–H and O–H groups in total. The average Bonchev–Trinajstić information content (AvgIpc) is 2.54. The number of nitrogens with zero attached hydrogens (tertiary/aromatic N) is 1. The molecule has 0 saturated carbocycles. The van der Waals surface area contributed by atoms with Gasteiger partial charge in [-0.15, -0.1) is 0 Å². The van der Waals surface area contributed by atoms with Crippen LogP contribution in [0.4, 0.5) is 0 Å². The molecule has 0 aliphatic rings. The minimum absolute atomic E-state index is 0.698. The molecule has 1 aromatic carbocycles. The van der Waals surface area contributed by atoms with Crippen LogP contribution in [0.15, 0.2) is 29.3 Å². The van der Waals surface area contributed by atoms with Crippen LogP contribution in [0.2, 0.25) is 0 Å². The van der Waals surface area contributed by atoms with Gasteiger partial charge in [-0.05, 0) is 49.8 Å². The summed E-state index contributed by atoms with van der Waals surface area (Å²) < 4.78 is 5.65. The Labute approximate surface area is 139 Å². The first-order chi connectivity index (χ1) is 10.8. The van der Waals surface area contributed by atoms with Crippen molar-refractivity contribution in [2.24, 2.45) is 4.99 Å². The van der Waals surface area contributed by atoms with Gasteiger partial charge in [-0.1, -0.05) is 18.2 Å². The van der Waals surface area contributed by atoms with Gasteiger partial charge < -0.3 is 15.4 Å². The third kappa shape index (κ3) is 7.59. The summed E-state index contributed by atoms with van der Waals surface area (Å²) in [7, 11) is 1.81. The molecule has 4 nitrogen and oxygen atoms in total. The lowest BCUT2D eigenvalue weighted by atomic mass is 10.1. The SMILES string of the molecule is CCOc1ccccc1CCNC(=NC)NCCCCSC. The Hall–Kier alpha value is -1.36. The second-order valence-electron chi connectivity index (χ2n) is 4.92. The van der Waals surface area contributed by atoms with E-state index >= 15 is 0 Å². The van der Waals surface area contributed by atoms with E-state index in [9.17, 15) is 0 Å². The topological polar surface area (TPSA) is 45.6 Å². The number of hydrogen-bond acceptors (Lipinski definition) is 3. The summed E-state index contributed by atoms with van der Waals surface area (Å²) in [5.41, 5.74) is 1.23. The highest BCUT2D eigenvalue weighted by molar-refractivity contribution is 7.98. The van der Waals surface area contributed by atoms with Gasteiger partial charge in [0.1, 0.15) is 5.75 Å². The first-order valence-corrected chi connectivity index (χ1v) is 9.35. The summed E-state index contributed by atoms with van der Waals surface area (Å²) >= 11 is 1.90. The highest BCUT2D eigenvalue weighted by Gasteiger charge is 2.03. The fourth-order valence-corrected chi connectivity index (χ4v) is 2.61. The Bertz CT molecular complexity index is 438. The van der Waals surface area contributed by atoms with Crippen molar-refractivity contribution in [3.63, 3.8) is 0 Å². The van der Waals surface area contributed by atoms with Gasteiger partial charge in [0, 0.05) is 20.1 Å². The highest BCUT2D eigenvalue weighted by atomic mass is 32.2. The van der Waals surface area contributed by atoms with Gasteiger partial charge in [-0.2, -0.15) is 11.8 Å². The minimum Gasteiger partial charge on any atom is -0.494 e. The smallest absolute Gasteiger partial charge is 0.190 e. The average molecular weight is 324 g/mol. The van der Waals surface area contributed by atoms with Gasteiger partial charge in [0.25, 0.3) is 0 Å². The lowest BCUT2D eigenvalue weighted by Crippen LogP contribution is -2.38. The van der Waals surface area contributed by atoms with Gasteiger partial charge in [0.15, 0.2) is 5.96 Å². The molecule has 0 saturated heterocycles. The molecule has 0 atom stereocenters. The van der Waals surface area contributed by atoms with E-state index in [0.29, 0.717) is 6.61 Å². The maximum Gasteiger partial charge on any atom is 0.190 e. The van der Waals surface area contributed by atoms with Gasteiger partial charge in [0.05, 0.1) is 6.61 Å². The standard InChI is InChI=1S/C17H29N3OS/c1-4-21-16-10-6-5-9-15(16)11-13-20-17(18-2)19-12-7-8-14-22-3/h5-6,9-10H,4,7-8,11-14H2,1-3H3,(H2,18,19,20). The summed E-state index contributed by atoms with van der Waals surface area (Å²) in [6, 6.07) is 8.20. The molecule has 124 valence electrons. The lowest BCUT2D eigenvalue weighted by Gasteiger charge is -2.13. The van der Waals surface area contributed by atoms with E-state index in [1.807, 2.05) is 37.9 Å². The van der Waals surface area contributed by atoms with Gasteiger partial charge in [0.2, 0.25) is 0 Å². The van der Waals surface area contributed by atoms with Crippen LogP contribution in [0.1, 0.15) is 25.3 Å². The Morgan fingerprint density at radius 1 is 1.18 bits per heavy atom. The molecule has 5 heteroatoms. The van der Waals surface area contributed by atoms with Crippen LogP contribution in [-0.2, 0) is 6.42 Å². The molecule has 0 fully saturated rings. The van der Waals surface area contributed by atoms with Gasteiger partial charge in [-0.25, -0.2) is 0 Å². The van der Waals surface area contributed by atoms with Crippen LogP contribution in [0.25, 0.3) is 0 Å². The van der Waals surface area contributed by atoms with Crippen molar-refractivity contribution in [1.29, 1.82) is 0 Å². The van der Waals surface area contributed by atoms with Gasteiger partial charge >= 0.3 is 0 Å². The molecule has 0 aliphatic heterocycles. The molecule has 1 aromatic rings. The van der Waals surface area contributed by atoms with Crippen molar-refractivity contribution in [3.05, 3.63) is 29.8 Å².